The molecule has 4 aromatic rings. The Labute approximate surface area is 283 Å². The molecular formula is C34H33N3O10S2. The van der Waals surface area contributed by atoms with Gasteiger partial charge < -0.3 is 24.4 Å². The first-order chi connectivity index (χ1) is 23.4. The lowest BCUT2D eigenvalue weighted by Gasteiger charge is -2.30. The van der Waals surface area contributed by atoms with Gasteiger partial charge in [-0.1, -0.05) is 36.4 Å². The number of hydrogen-bond acceptors (Lipinski definition) is 9. The summed E-state index contributed by atoms with van der Waals surface area (Å²) in [6, 6.07) is 24.4. The molecule has 0 radical (unpaired) electrons. The summed E-state index contributed by atoms with van der Waals surface area (Å²) >= 11 is 0. The Morgan fingerprint density at radius 3 is 1.67 bits per heavy atom. The van der Waals surface area contributed by atoms with Gasteiger partial charge in [0, 0.05) is 49.9 Å². The van der Waals surface area contributed by atoms with Crippen LogP contribution in [0.25, 0.3) is 11.3 Å². The molecule has 0 spiro atoms. The van der Waals surface area contributed by atoms with Crippen molar-refractivity contribution in [1.29, 1.82) is 0 Å². The van der Waals surface area contributed by atoms with Crippen molar-refractivity contribution in [1.82, 2.24) is 9.80 Å². The molecule has 3 fully saturated rings. The Morgan fingerprint density at radius 1 is 0.673 bits per heavy atom. The number of furan rings is 1. The molecule has 1 aromatic heterocycles. The summed E-state index contributed by atoms with van der Waals surface area (Å²) < 4.78 is 61.2. The van der Waals surface area contributed by atoms with E-state index in [0.29, 0.717) is 33.7 Å². The fraction of sp³-hybridized carbons (Fsp3) is 0.206. The zero-order valence-corrected chi connectivity index (χ0v) is 27.7. The first-order valence-electron chi connectivity index (χ1n) is 15.2. The van der Waals surface area contributed by atoms with Crippen LogP contribution in [0.1, 0.15) is 23.4 Å². The lowest BCUT2D eigenvalue weighted by atomic mass is 10.1. The number of fused-ring (bicyclic) bond motifs is 4. The van der Waals surface area contributed by atoms with Crippen molar-refractivity contribution in [2.24, 2.45) is 0 Å². The van der Waals surface area contributed by atoms with Crippen molar-refractivity contribution in [3.8, 4) is 11.3 Å². The molecule has 0 saturated carbocycles. The summed E-state index contributed by atoms with van der Waals surface area (Å²) in [4.78, 5) is 36.4. The quantitative estimate of drug-likeness (QED) is 0.238. The number of carbonyl (C=O) groups is 3. The van der Waals surface area contributed by atoms with Gasteiger partial charge in [0.25, 0.3) is 26.0 Å². The predicted octanol–water partition coefficient (Wildman–Crippen LogP) is 4.16. The van der Waals surface area contributed by atoms with E-state index < -0.39 is 32.0 Å². The maximum atomic E-state index is 13.7. The lowest BCUT2D eigenvalue weighted by molar-refractivity contribution is -0.134. The minimum atomic E-state index is -4.50. The van der Waals surface area contributed by atoms with Crippen LogP contribution in [-0.2, 0) is 29.6 Å². The molecule has 7 rings (SSSR count). The van der Waals surface area contributed by atoms with E-state index in [1.165, 1.54) is 60.7 Å². The van der Waals surface area contributed by atoms with Crippen molar-refractivity contribution in [2.75, 3.05) is 29.9 Å². The highest BCUT2D eigenvalue weighted by Gasteiger charge is 2.37. The lowest BCUT2D eigenvalue weighted by Crippen LogP contribution is -2.41. The number of carboxylic acids is 2. The van der Waals surface area contributed by atoms with Gasteiger partial charge in [-0.05, 0) is 73.5 Å². The van der Waals surface area contributed by atoms with Crippen molar-refractivity contribution in [2.45, 2.75) is 28.7 Å². The zero-order valence-electron chi connectivity index (χ0n) is 26.0. The van der Waals surface area contributed by atoms with Gasteiger partial charge in [0.05, 0.1) is 15.5 Å². The smallest absolute Gasteiger partial charge is 0.328 e. The second kappa shape index (κ2) is 14.9. The number of nitrogens with zero attached hydrogens (tertiary/aromatic N) is 3. The molecule has 13 nitrogen and oxygen atoms in total. The molecule has 0 unspecified atom stereocenters. The van der Waals surface area contributed by atoms with Crippen molar-refractivity contribution in [3.63, 3.8) is 0 Å². The van der Waals surface area contributed by atoms with Gasteiger partial charge >= 0.3 is 11.9 Å². The molecule has 2 N–H and O–H groups in total. The fourth-order valence-corrected chi connectivity index (χ4v) is 9.31. The number of anilines is 1. The molecule has 0 aliphatic carbocycles. The Hall–Kier alpha value is -5.25. The average molecular weight is 708 g/mol. The van der Waals surface area contributed by atoms with Gasteiger partial charge in [-0.2, -0.15) is 3.71 Å². The molecule has 4 heterocycles. The minimum Gasteiger partial charge on any atom is -0.478 e. The fourth-order valence-electron chi connectivity index (χ4n) is 5.58. The van der Waals surface area contributed by atoms with Crippen LogP contribution in [0.3, 0.4) is 0 Å². The summed E-state index contributed by atoms with van der Waals surface area (Å²) in [6.07, 6.45) is 3.02. The van der Waals surface area contributed by atoms with E-state index in [0.717, 1.165) is 32.5 Å². The molecule has 3 saturated heterocycles. The topological polar surface area (TPSA) is 183 Å². The van der Waals surface area contributed by atoms with Gasteiger partial charge in [-0.15, -0.1) is 0 Å². The van der Waals surface area contributed by atoms with E-state index in [1.54, 1.807) is 36.4 Å². The second-order valence-corrected chi connectivity index (χ2v) is 14.9. The molecule has 256 valence electrons. The number of hydrogen-bond donors (Lipinski definition) is 2. The van der Waals surface area contributed by atoms with E-state index in [9.17, 15) is 31.2 Å². The van der Waals surface area contributed by atoms with Crippen LogP contribution < -0.4 is 3.71 Å². The number of piperidine rings is 1. The molecule has 49 heavy (non-hydrogen) atoms. The third-order valence-electron chi connectivity index (χ3n) is 7.98. The molecule has 3 aliphatic rings. The Balaban J connectivity index is 0.000000523. The predicted molar refractivity (Wildman–Crippen MR) is 179 cm³/mol. The average Bonchev–Trinajstić information content (AvgIpc) is 3.40. The van der Waals surface area contributed by atoms with E-state index in [4.69, 9.17) is 14.6 Å². The molecule has 3 aliphatic heterocycles. The van der Waals surface area contributed by atoms with E-state index >= 15 is 0 Å². The molecule has 15 heteroatoms. The second-order valence-electron chi connectivity index (χ2n) is 11.1. The van der Waals surface area contributed by atoms with E-state index in [-0.39, 0.29) is 33.2 Å². The van der Waals surface area contributed by atoms with Crippen molar-refractivity contribution >= 4 is 43.6 Å². The highest BCUT2D eigenvalue weighted by atomic mass is 32.3. The van der Waals surface area contributed by atoms with Crippen LogP contribution in [0.2, 0.25) is 0 Å². The van der Waals surface area contributed by atoms with Crippen LogP contribution >= 0.6 is 0 Å². The van der Waals surface area contributed by atoms with Crippen molar-refractivity contribution < 1.29 is 45.8 Å². The largest absolute Gasteiger partial charge is 0.478 e. The standard InChI is InChI=1S/C30H29N3O6S2.C4H4O4/c34-30(32-22-21-31-19-17-24(32)18-20-31)29-16-15-28(39-29)23-11-13-25(14-12-23)33(40(35,36)26-7-3-1-4-8-26)41(37,38)27-9-5-2-6-10-27;5-3(6)1-2-4(7)8/h1-16,24H,17-22H2;1-2H,(H,5,6)(H,7,8)/b;2-1+. The monoisotopic (exact) mass is 707 g/mol. The molecule has 3 aromatic carbocycles. The maximum absolute atomic E-state index is 13.7. The third kappa shape index (κ3) is 8.08. The third-order valence-corrected chi connectivity index (χ3v) is 12.2. The Bertz CT molecular complexity index is 1950. The summed E-state index contributed by atoms with van der Waals surface area (Å²) in [5, 5.41) is 15.6. The minimum absolute atomic E-state index is 0.0559. The van der Waals surface area contributed by atoms with E-state index in [1.807, 2.05) is 4.90 Å². The van der Waals surface area contributed by atoms with E-state index in [2.05, 4.69) is 4.90 Å². The van der Waals surface area contributed by atoms with Crippen LogP contribution in [-0.4, -0.2) is 86.9 Å². The molecule has 1 amide bonds. The zero-order chi connectivity index (χ0) is 35.2. The summed E-state index contributed by atoms with van der Waals surface area (Å²) in [7, 11) is -8.99. The molecular weight excluding hydrogens is 675 g/mol. The molecule has 2 bridgehead atoms. The van der Waals surface area contributed by atoms with Crippen LogP contribution in [0, 0.1) is 0 Å². The first-order valence-corrected chi connectivity index (χ1v) is 18.0. The first kappa shape index (κ1) is 35.1. The van der Waals surface area contributed by atoms with Crippen molar-refractivity contribution in [3.05, 3.63) is 115 Å². The highest BCUT2D eigenvalue weighted by Crippen LogP contribution is 2.33. The van der Waals surface area contributed by atoms with Crippen LogP contribution in [0.5, 0.6) is 0 Å². The normalized spacial score (nSPS) is 17.5. The molecule has 0 atom stereocenters. The number of rotatable bonds is 9. The van der Waals surface area contributed by atoms with Gasteiger partial charge in [-0.25, -0.2) is 26.4 Å². The van der Waals surface area contributed by atoms with Crippen LogP contribution in [0.4, 0.5) is 5.69 Å². The summed E-state index contributed by atoms with van der Waals surface area (Å²) in [6.45, 7) is 3.52. The SMILES string of the molecule is O=C(O)/C=C/C(=O)O.O=C(c1ccc(-c2ccc(N(S(=O)(=O)c3ccccc3)S(=O)(=O)c3ccccc3)cc2)o1)N1CCN2CCC1CC2. The number of sulfonamides is 2. The van der Waals surface area contributed by atoms with Gasteiger partial charge in [0.1, 0.15) is 5.76 Å². The number of benzene rings is 3. The van der Waals surface area contributed by atoms with Gasteiger partial charge in [-0.3, -0.25) is 4.79 Å². The van der Waals surface area contributed by atoms with Gasteiger partial charge in [0.2, 0.25) is 0 Å². The summed E-state index contributed by atoms with van der Waals surface area (Å²) in [5.74, 6) is -1.99. The number of carbonyl (C=O) groups excluding carboxylic acids is 1. The highest BCUT2D eigenvalue weighted by molar-refractivity contribution is 8.10. The Kier molecular flexibility index (Phi) is 10.7. The number of carboxylic acid groups (broad SMARTS) is 2. The Morgan fingerprint density at radius 2 is 1.18 bits per heavy atom. The maximum Gasteiger partial charge on any atom is 0.328 e. The van der Waals surface area contributed by atoms with Crippen LogP contribution in [0.15, 0.2) is 123 Å². The number of aliphatic carboxylic acids is 2. The van der Waals surface area contributed by atoms with Gasteiger partial charge in [0.15, 0.2) is 5.76 Å². The number of amides is 1. The summed E-state index contributed by atoms with van der Waals surface area (Å²) in [5.41, 5.74) is 0.518.